The molecule has 0 saturated carbocycles. The number of anilines is 1. The molecule has 4 N–H and O–H groups in total. The van der Waals surface area contributed by atoms with E-state index in [2.05, 4.69) is 15.4 Å². The van der Waals surface area contributed by atoms with E-state index in [0.717, 1.165) is 0 Å². The van der Waals surface area contributed by atoms with Gasteiger partial charge in [0.1, 0.15) is 0 Å². The van der Waals surface area contributed by atoms with E-state index in [9.17, 15) is 4.79 Å². The molecule has 0 saturated heterocycles. The minimum Gasteiger partial charge on any atom is -0.465 e. The number of hydrogen-bond acceptors (Lipinski definition) is 4. The van der Waals surface area contributed by atoms with Crippen LogP contribution in [-0.2, 0) is 4.74 Å². The van der Waals surface area contributed by atoms with E-state index in [1.807, 2.05) is 13.8 Å². The van der Waals surface area contributed by atoms with Gasteiger partial charge in [-0.2, -0.15) is 0 Å². The lowest BCUT2D eigenvalue weighted by Gasteiger charge is -2.20. The van der Waals surface area contributed by atoms with Crippen LogP contribution in [0, 0.1) is 0 Å². The second-order valence-corrected chi connectivity index (χ2v) is 5.80. The summed E-state index contributed by atoms with van der Waals surface area (Å²) in [7, 11) is 1.32. The number of esters is 1. The number of halogens is 1. The predicted molar refractivity (Wildman–Crippen MR) is 85.3 cm³/mol. The van der Waals surface area contributed by atoms with Crippen molar-refractivity contribution in [2.45, 2.75) is 19.4 Å². The van der Waals surface area contributed by atoms with Crippen molar-refractivity contribution in [1.82, 2.24) is 5.32 Å². The number of hydrogen-bond donors (Lipinski definition) is 3. The third-order valence-corrected chi connectivity index (χ3v) is 2.90. The lowest BCUT2D eigenvalue weighted by Crippen LogP contribution is -2.46. The van der Waals surface area contributed by atoms with Crippen molar-refractivity contribution in [1.29, 1.82) is 0 Å². The fourth-order valence-corrected chi connectivity index (χ4v) is 1.75. The lowest BCUT2D eigenvalue weighted by atomic mass is 10.1. The summed E-state index contributed by atoms with van der Waals surface area (Å²) in [4.78, 5) is 11.4. The zero-order chi connectivity index (χ0) is 15.3. The van der Waals surface area contributed by atoms with E-state index < -0.39 is 5.97 Å². The van der Waals surface area contributed by atoms with Crippen molar-refractivity contribution < 1.29 is 9.53 Å². The van der Waals surface area contributed by atoms with Crippen LogP contribution in [0.25, 0.3) is 0 Å². The van der Waals surface area contributed by atoms with Crippen LogP contribution in [-0.4, -0.2) is 30.3 Å². The number of benzene rings is 1. The molecule has 5 nitrogen and oxygen atoms in total. The molecule has 0 bridgehead atoms. The third-order valence-electron chi connectivity index (χ3n) is 2.34. The van der Waals surface area contributed by atoms with E-state index in [-0.39, 0.29) is 5.54 Å². The van der Waals surface area contributed by atoms with Crippen LogP contribution in [0.2, 0.25) is 5.02 Å². The highest BCUT2D eigenvalue weighted by molar-refractivity contribution is 7.80. The maximum absolute atomic E-state index is 11.4. The van der Waals surface area contributed by atoms with Crippen molar-refractivity contribution in [2.75, 3.05) is 19.0 Å². The molecule has 0 spiro atoms. The maximum Gasteiger partial charge on any atom is 0.337 e. The SMILES string of the molecule is COC(=O)c1ccc(NC(=S)NCC(C)(C)N)c(Cl)c1. The van der Waals surface area contributed by atoms with Crippen molar-refractivity contribution in [2.24, 2.45) is 5.73 Å². The Kier molecular flexibility index (Phi) is 5.74. The van der Waals surface area contributed by atoms with E-state index in [4.69, 9.17) is 29.6 Å². The number of thiocarbonyl (C=S) groups is 1. The Morgan fingerprint density at radius 2 is 2.15 bits per heavy atom. The molecule has 0 aliphatic carbocycles. The number of carbonyl (C=O) groups excluding carboxylic acids is 1. The summed E-state index contributed by atoms with van der Waals surface area (Å²) in [6.45, 7) is 4.30. The summed E-state index contributed by atoms with van der Waals surface area (Å²) in [6.07, 6.45) is 0. The summed E-state index contributed by atoms with van der Waals surface area (Å²) in [5.41, 5.74) is 6.46. The first kappa shape index (κ1) is 16.7. The maximum atomic E-state index is 11.4. The van der Waals surface area contributed by atoms with Crippen molar-refractivity contribution in [3.8, 4) is 0 Å². The summed E-state index contributed by atoms with van der Waals surface area (Å²) in [6, 6.07) is 4.79. The van der Waals surface area contributed by atoms with Gasteiger partial charge in [0.05, 0.1) is 23.4 Å². The van der Waals surface area contributed by atoms with E-state index in [0.29, 0.717) is 27.9 Å². The second kappa shape index (κ2) is 6.88. The van der Waals surface area contributed by atoms with Crippen LogP contribution < -0.4 is 16.4 Å². The van der Waals surface area contributed by atoms with Crippen LogP contribution >= 0.6 is 23.8 Å². The number of nitrogens with two attached hydrogens (primary N) is 1. The Morgan fingerprint density at radius 3 is 2.65 bits per heavy atom. The quantitative estimate of drug-likeness (QED) is 0.584. The highest BCUT2D eigenvalue weighted by Crippen LogP contribution is 2.23. The highest BCUT2D eigenvalue weighted by atomic mass is 35.5. The third kappa shape index (κ3) is 5.32. The van der Waals surface area contributed by atoms with Gasteiger partial charge in [-0.3, -0.25) is 0 Å². The molecule has 0 aliphatic heterocycles. The number of nitrogens with one attached hydrogen (secondary N) is 2. The van der Waals surface area contributed by atoms with Crippen molar-refractivity contribution in [3.63, 3.8) is 0 Å². The van der Waals surface area contributed by atoms with Gasteiger partial charge in [-0.25, -0.2) is 4.79 Å². The lowest BCUT2D eigenvalue weighted by molar-refractivity contribution is 0.0601. The molecule has 7 heteroatoms. The van der Waals surface area contributed by atoms with E-state index in [1.54, 1.807) is 12.1 Å². The molecule has 20 heavy (non-hydrogen) atoms. The Morgan fingerprint density at radius 1 is 1.50 bits per heavy atom. The first-order valence-corrected chi connectivity index (χ1v) is 6.73. The molecule has 0 radical (unpaired) electrons. The molecule has 110 valence electrons. The molecule has 0 amide bonds. The van der Waals surface area contributed by atoms with E-state index in [1.165, 1.54) is 13.2 Å². The van der Waals surface area contributed by atoms with E-state index >= 15 is 0 Å². The number of ether oxygens (including phenoxy) is 1. The average Bonchev–Trinajstić information content (AvgIpc) is 2.37. The summed E-state index contributed by atoms with van der Waals surface area (Å²) >= 11 is 11.2. The van der Waals surface area contributed by atoms with Gasteiger partial charge in [0.15, 0.2) is 5.11 Å². The smallest absolute Gasteiger partial charge is 0.337 e. The topological polar surface area (TPSA) is 76.4 Å². The normalized spacial score (nSPS) is 10.8. The standard InChI is InChI=1S/C13H18ClN3O2S/c1-13(2,15)7-16-12(20)17-10-5-4-8(6-9(10)14)11(18)19-3/h4-6H,7,15H2,1-3H3,(H2,16,17,20). The predicted octanol–water partition coefficient (Wildman–Crippen LogP) is 2.15. The number of methoxy groups -OCH3 is 1. The van der Waals surface area contributed by atoms with Crippen LogP contribution in [0.15, 0.2) is 18.2 Å². The van der Waals surface area contributed by atoms with Gasteiger partial charge in [-0.1, -0.05) is 11.6 Å². The fourth-order valence-electron chi connectivity index (χ4n) is 1.34. The zero-order valence-electron chi connectivity index (χ0n) is 11.6. The van der Waals surface area contributed by atoms with Gasteiger partial charge < -0.3 is 21.1 Å². The molecule has 1 aromatic carbocycles. The Hall–Kier alpha value is -1.37. The molecule has 1 rings (SSSR count). The summed E-state index contributed by atoms with van der Waals surface area (Å²) < 4.78 is 4.62. The number of carbonyl (C=O) groups is 1. The highest BCUT2D eigenvalue weighted by Gasteiger charge is 2.12. The van der Waals surface area contributed by atoms with Crippen molar-refractivity contribution >= 4 is 40.6 Å². The van der Waals surface area contributed by atoms with Gasteiger partial charge in [-0.05, 0) is 44.3 Å². The molecular weight excluding hydrogens is 298 g/mol. The molecule has 0 heterocycles. The molecule has 0 fully saturated rings. The average molecular weight is 316 g/mol. The Bertz CT molecular complexity index is 515. The molecule has 0 aromatic heterocycles. The Labute approximate surface area is 128 Å². The van der Waals surface area contributed by atoms with Gasteiger partial charge in [0.25, 0.3) is 0 Å². The minimum absolute atomic E-state index is 0.371. The van der Waals surface area contributed by atoms with Crippen LogP contribution in [0.4, 0.5) is 5.69 Å². The molecule has 0 unspecified atom stereocenters. The zero-order valence-corrected chi connectivity index (χ0v) is 13.2. The molecule has 1 aromatic rings. The largest absolute Gasteiger partial charge is 0.465 e. The summed E-state index contributed by atoms with van der Waals surface area (Å²) in [5.74, 6) is -0.441. The Balaban J connectivity index is 2.69. The minimum atomic E-state index is -0.441. The monoisotopic (exact) mass is 315 g/mol. The van der Waals surface area contributed by atoms with Crippen LogP contribution in [0.5, 0.6) is 0 Å². The van der Waals surface area contributed by atoms with Crippen molar-refractivity contribution in [3.05, 3.63) is 28.8 Å². The van der Waals surface area contributed by atoms with Gasteiger partial charge in [0.2, 0.25) is 0 Å². The summed E-state index contributed by atoms with van der Waals surface area (Å²) in [5, 5.41) is 6.73. The molecular formula is C13H18ClN3O2S. The fraction of sp³-hybridized carbons (Fsp3) is 0.385. The molecule has 0 atom stereocenters. The molecule has 0 aliphatic rings. The first-order chi connectivity index (χ1) is 9.23. The van der Waals surface area contributed by atoms with Gasteiger partial charge >= 0.3 is 5.97 Å². The van der Waals surface area contributed by atoms with Gasteiger partial charge in [0, 0.05) is 12.1 Å². The number of rotatable bonds is 4. The first-order valence-electron chi connectivity index (χ1n) is 5.94. The van der Waals surface area contributed by atoms with Crippen LogP contribution in [0.1, 0.15) is 24.2 Å². The second-order valence-electron chi connectivity index (χ2n) is 4.98. The van der Waals surface area contributed by atoms with Crippen LogP contribution in [0.3, 0.4) is 0 Å². The van der Waals surface area contributed by atoms with Gasteiger partial charge in [-0.15, -0.1) is 0 Å².